The highest BCUT2D eigenvalue weighted by Gasteiger charge is 2.62. The van der Waals surface area contributed by atoms with Gasteiger partial charge in [0.1, 0.15) is 11.9 Å². The standard InChI is InChI=1S/C22H32O4/c1-3-4-11-26-14-6-8-15-13(12-14)5-7-17-16(15)9-10-22(2)18(17)19(23)20(24)21(22)25/h6,8,12,16-21,23-25H,3-5,7,9-11H2,1-2H3/t16?,17?,18-,19?,20?,21+,22+/m1/s1. The third-order valence-corrected chi connectivity index (χ3v) is 7.48. The average Bonchev–Trinajstić information content (AvgIpc) is 2.82. The number of fused-ring (bicyclic) bond motifs is 5. The van der Waals surface area contributed by atoms with Gasteiger partial charge in [0, 0.05) is 5.41 Å². The lowest BCUT2D eigenvalue weighted by atomic mass is 9.55. The molecule has 0 radical (unpaired) electrons. The highest BCUT2D eigenvalue weighted by molar-refractivity contribution is 5.41. The molecule has 1 aromatic rings. The molecule has 3 aliphatic rings. The summed E-state index contributed by atoms with van der Waals surface area (Å²) in [5.74, 6) is 1.67. The first-order valence-corrected chi connectivity index (χ1v) is 10.3. The van der Waals surface area contributed by atoms with E-state index in [-0.39, 0.29) is 11.3 Å². The van der Waals surface area contributed by atoms with Crippen molar-refractivity contribution >= 4 is 0 Å². The van der Waals surface area contributed by atoms with Crippen LogP contribution in [0.4, 0.5) is 0 Å². The van der Waals surface area contributed by atoms with Gasteiger partial charge in [-0.05, 0) is 73.1 Å². The fourth-order valence-corrected chi connectivity index (χ4v) is 6.04. The zero-order valence-electron chi connectivity index (χ0n) is 15.9. The summed E-state index contributed by atoms with van der Waals surface area (Å²) in [6.07, 6.45) is 3.40. The minimum absolute atomic E-state index is 0.0279. The van der Waals surface area contributed by atoms with Crippen LogP contribution in [-0.4, -0.2) is 40.2 Å². The van der Waals surface area contributed by atoms with Crippen LogP contribution in [0.2, 0.25) is 0 Å². The molecule has 2 saturated carbocycles. The average molecular weight is 360 g/mol. The minimum atomic E-state index is -1.01. The van der Waals surface area contributed by atoms with E-state index >= 15 is 0 Å². The molecule has 3 N–H and O–H groups in total. The van der Waals surface area contributed by atoms with Crippen molar-refractivity contribution in [2.24, 2.45) is 17.3 Å². The molecule has 4 nitrogen and oxygen atoms in total. The van der Waals surface area contributed by atoms with Crippen molar-refractivity contribution in [3.05, 3.63) is 29.3 Å². The maximum Gasteiger partial charge on any atom is 0.119 e. The Morgan fingerprint density at radius 1 is 1.15 bits per heavy atom. The van der Waals surface area contributed by atoms with E-state index in [2.05, 4.69) is 32.0 Å². The third-order valence-electron chi connectivity index (χ3n) is 7.48. The quantitative estimate of drug-likeness (QED) is 0.722. The van der Waals surface area contributed by atoms with Crippen molar-refractivity contribution in [1.82, 2.24) is 0 Å². The summed E-state index contributed by atoms with van der Waals surface area (Å²) >= 11 is 0. The molecular weight excluding hydrogens is 328 g/mol. The Balaban J connectivity index is 1.58. The molecule has 0 amide bonds. The van der Waals surface area contributed by atoms with Crippen molar-refractivity contribution in [3.63, 3.8) is 0 Å². The molecule has 2 fully saturated rings. The predicted molar refractivity (Wildman–Crippen MR) is 100 cm³/mol. The second kappa shape index (κ2) is 6.81. The van der Waals surface area contributed by atoms with E-state index in [1.54, 1.807) is 0 Å². The number of rotatable bonds is 4. The van der Waals surface area contributed by atoms with E-state index in [0.717, 1.165) is 50.9 Å². The first-order valence-electron chi connectivity index (χ1n) is 10.3. The second-order valence-electron chi connectivity index (χ2n) is 8.87. The zero-order valence-corrected chi connectivity index (χ0v) is 15.9. The number of aryl methyl sites for hydroxylation is 1. The Bertz CT molecular complexity index is 660. The smallest absolute Gasteiger partial charge is 0.119 e. The summed E-state index contributed by atoms with van der Waals surface area (Å²) in [5.41, 5.74) is 2.38. The Morgan fingerprint density at radius 2 is 1.96 bits per heavy atom. The fourth-order valence-electron chi connectivity index (χ4n) is 6.04. The molecule has 4 unspecified atom stereocenters. The molecular formula is C22H32O4. The number of hydrogen-bond acceptors (Lipinski definition) is 4. The zero-order chi connectivity index (χ0) is 18.5. The molecule has 0 aliphatic heterocycles. The molecule has 0 saturated heterocycles. The summed E-state index contributed by atoms with van der Waals surface area (Å²) < 4.78 is 5.87. The number of aliphatic hydroxyl groups excluding tert-OH is 3. The van der Waals surface area contributed by atoms with Crippen molar-refractivity contribution in [2.75, 3.05) is 6.61 Å². The van der Waals surface area contributed by atoms with Crippen LogP contribution < -0.4 is 4.74 Å². The Morgan fingerprint density at radius 3 is 2.73 bits per heavy atom. The molecule has 0 aromatic heterocycles. The van der Waals surface area contributed by atoms with E-state index in [0.29, 0.717) is 11.8 Å². The van der Waals surface area contributed by atoms with Gasteiger partial charge in [0.05, 0.1) is 18.8 Å². The summed E-state index contributed by atoms with van der Waals surface area (Å²) in [7, 11) is 0. The van der Waals surface area contributed by atoms with Crippen LogP contribution in [-0.2, 0) is 6.42 Å². The first kappa shape index (κ1) is 18.3. The van der Waals surface area contributed by atoms with Crippen LogP contribution >= 0.6 is 0 Å². The topological polar surface area (TPSA) is 69.9 Å². The van der Waals surface area contributed by atoms with Crippen molar-refractivity contribution < 1.29 is 20.1 Å². The Hall–Kier alpha value is -1.10. The number of benzene rings is 1. The van der Waals surface area contributed by atoms with Gasteiger partial charge < -0.3 is 20.1 Å². The van der Waals surface area contributed by atoms with Crippen LogP contribution in [0.15, 0.2) is 18.2 Å². The lowest BCUT2D eigenvalue weighted by molar-refractivity contribution is -0.0505. The number of hydrogen-bond donors (Lipinski definition) is 3. The van der Waals surface area contributed by atoms with E-state index in [4.69, 9.17) is 4.74 Å². The maximum atomic E-state index is 10.6. The van der Waals surface area contributed by atoms with Crippen LogP contribution in [0.3, 0.4) is 0 Å². The largest absolute Gasteiger partial charge is 0.494 e. The Kier molecular flexibility index (Phi) is 4.79. The number of unbranched alkanes of at least 4 members (excludes halogenated alkanes) is 1. The maximum absolute atomic E-state index is 10.6. The molecule has 26 heavy (non-hydrogen) atoms. The highest BCUT2D eigenvalue weighted by Crippen LogP contribution is 2.60. The molecule has 4 rings (SSSR count). The first-order chi connectivity index (χ1) is 12.5. The van der Waals surface area contributed by atoms with Gasteiger partial charge >= 0.3 is 0 Å². The van der Waals surface area contributed by atoms with Crippen LogP contribution in [0.25, 0.3) is 0 Å². The lowest BCUT2D eigenvalue weighted by Gasteiger charge is -2.50. The normalized spacial score (nSPS) is 41.3. The summed E-state index contributed by atoms with van der Waals surface area (Å²) in [6.45, 7) is 4.99. The molecule has 1 aromatic carbocycles. The minimum Gasteiger partial charge on any atom is -0.494 e. The monoisotopic (exact) mass is 360 g/mol. The van der Waals surface area contributed by atoms with Crippen molar-refractivity contribution in [2.45, 2.75) is 76.6 Å². The molecule has 144 valence electrons. The van der Waals surface area contributed by atoms with Crippen molar-refractivity contribution in [3.8, 4) is 5.75 Å². The lowest BCUT2D eigenvalue weighted by Crippen LogP contribution is -2.46. The third kappa shape index (κ3) is 2.69. The van der Waals surface area contributed by atoms with Gasteiger partial charge in [-0.2, -0.15) is 0 Å². The van der Waals surface area contributed by atoms with Gasteiger partial charge in [0.2, 0.25) is 0 Å². The molecule has 7 atom stereocenters. The number of ether oxygens (including phenoxy) is 1. The molecule has 3 aliphatic carbocycles. The van der Waals surface area contributed by atoms with Gasteiger partial charge in [-0.25, -0.2) is 0 Å². The van der Waals surface area contributed by atoms with Gasteiger partial charge in [0.25, 0.3) is 0 Å². The molecule has 0 heterocycles. The summed E-state index contributed by atoms with van der Waals surface area (Å²) in [6, 6.07) is 6.49. The van der Waals surface area contributed by atoms with E-state index in [9.17, 15) is 15.3 Å². The van der Waals surface area contributed by atoms with E-state index < -0.39 is 18.3 Å². The van der Waals surface area contributed by atoms with Gasteiger partial charge in [-0.15, -0.1) is 0 Å². The van der Waals surface area contributed by atoms with Crippen LogP contribution in [0, 0.1) is 17.3 Å². The van der Waals surface area contributed by atoms with E-state index in [1.165, 1.54) is 11.1 Å². The van der Waals surface area contributed by atoms with Crippen LogP contribution in [0.5, 0.6) is 5.75 Å². The molecule has 0 bridgehead atoms. The van der Waals surface area contributed by atoms with Crippen molar-refractivity contribution in [1.29, 1.82) is 0 Å². The fraction of sp³-hybridized carbons (Fsp3) is 0.727. The summed E-state index contributed by atoms with van der Waals surface area (Å²) in [4.78, 5) is 0. The SMILES string of the molecule is CCCCOc1ccc2c(c1)CCC1C2CC[C@@]2(C)[C@H]1C(O)C(O)[C@@H]2O. The molecule has 4 heteroatoms. The van der Waals surface area contributed by atoms with Gasteiger partial charge in [-0.1, -0.05) is 26.3 Å². The molecule has 0 spiro atoms. The predicted octanol–water partition coefficient (Wildman–Crippen LogP) is 3.02. The van der Waals surface area contributed by atoms with Crippen LogP contribution in [0.1, 0.15) is 63.0 Å². The summed E-state index contributed by atoms with van der Waals surface area (Å²) in [5, 5.41) is 31.4. The second-order valence-corrected chi connectivity index (χ2v) is 8.87. The van der Waals surface area contributed by atoms with Gasteiger partial charge in [-0.3, -0.25) is 0 Å². The number of aliphatic hydroxyl groups is 3. The van der Waals surface area contributed by atoms with E-state index in [1.807, 2.05) is 0 Å². The van der Waals surface area contributed by atoms with Gasteiger partial charge in [0.15, 0.2) is 0 Å². The Labute approximate surface area is 156 Å². The highest BCUT2D eigenvalue weighted by atomic mass is 16.5.